The molecule has 1 aromatic rings. The normalized spacial score (nSPS) is 12.7. The van der Waals surface area contributed by atoms with Crippen LogP contribution in [0.5, 0.6) is 0 Å². The Hall–Kier alpha value is -0.980. The molecule has 1 atom stereocenters. The van der Waals surface area contributed by atoms with Crippen LogP contribution in [-0.4, -0.2) is 18.3 Å². The minimum absolute atomic E-state index is 0.320. The van der Waals surface area contributed by atoms with E-state index in [1.54, 1.807) is 12.1 Å². The van der Waals surface area contributed by atoms with Crippen molar-refractivity contribution in [3.8, 4) is 0 Å². The Kier molecular flexibility index (Phi) is 5.23. The SMILES string of the molecule is NCCCNCc1ccc([NH+]([O-])O)cc1. The Balaban J connectivity index is 2.36. The van der Waals surface area contributed by atoms with Crippen molar-refractivity contribution in [2.75, 3.05) is 13.1 Å². The molecule has 15 heavy (non-hydrogen) atoms. The molecule has 5 nitrogen and oxygen atoms in total. The van der Waals surface area contributed by atoms with E-state index in [0.717, 1.165) is 25.1 Å². The van der Waals surface area contributed by atoms with Crippen molar-refractivity contribution < 1.29 is 10.4 Å². The van der Waals surface area contributed by atoms with Gasteiger partial charge in [-0.1, -0.05) is 12.1 Å². The Labute approximate surface area is 89.0 Å². The van der Waals surface area contributed by atoms with E-state index in [0.29, 0.717) is 12.2 Å². The van der Waals surface area contributed by atoms with Gasteiger partial charge < -0.3 is 16.3 Å². The number of benzene rings is 1. The summed E-state index contributed by atoms with van der Waals surface area (Å²) in [5.74, 6) is 0. The molecule has 0 fully saturated rings. The predicted octanol–water partition coefficient (Wildman–Crippen LogP) is -0.472. The lowest BCUT2D eigenvalue weighted by Crippen LogP contribution is -2.99. The summed E-state index contributed by atoms with van der Waals surface area (Å²) < 4.78 is 0. The quantitative estimate of drug-likeness (QED) is 0.378. The van der Waals surface area contributed by atoms with E-state index in [1.807, 2.05) is 12.1 Å². The van der Waals surface area contributed by atoms with E-state index in [4.69, 9.17) is 10.9 Å². The van der Waals surface area contributed by atoms with E-state index < -0.39 is 5.23 Å². The zero-order valence-corrected chi connectivity index (χ0v) is 8.57. The maximum atomic E-state index is 10.6. The average Bonchev–Trinajstić information content (AvgIpc) is 2.25. The number of nitrogens with one attached hydrogen (secondary N) is 2. The smallest absolute Gasteiger partial charge is 0.163 e. The summed E-state index contributed by atoms with van der Waals surface area (Å²) in [4.78, 5) is 0. The van der Waals surface area contributed by atoms with Gasteiger partial charge in [0, 0.05) is 18.7 Å². The van der Waals surface area contributed by atoms with Crippen molar-refractivity contribution in [3.63, 3.8) is 0 Å². The molecule has 0 aromatic heterocycles. The zero-order chi connectivity index (χ0) is 11.1. The molecule has 84 valence electrons. The lowest BCUT2D eigenvalue weighted by atomic mass is 10.2. The van der Waals surface area contributed by atoms with Gasteiger partial charge >= 0.3 is 0 Å². The van der Waals surface area contributed by atoms with Crippen LogP contribution in [0.1, 0.15) is 12.0 Å². The van der Waals surface area contributed by atoms with E-state index in [9.17, 15) is 5.21 Å². The number of hydrogen-bond donors (Lipinski definition) is 4. The van der Waals surface area contributed by atoms with E-state index >= 15 is 0 Å². The highest BCUT2D eigenvalue weighted by atomic mass is 16.8. The maximum absolute atomic E-state index is 10.6. The van der Waals surface area contributed by atoms with Crippen LogP contribution in [0.2, 0.25) is 0 Å². The van der Waals surface area contributed by atoms with Gasteiger partial charge in [0.05, 0.1) is 0 Å². The van der Waals surface area contributed by atoms with Gasteiger partial charge in [0.25, 0.3) is 0 Å². The van der Waals surface area contributed by atoms with Crippen molar-refractivity contribution >= 4 is 5.69 Å². The molecule has 5 N–H and O–H groups in total. The molecule has 1 aromatic carbocycles. The van der Waals surface area contributed by atoms with Crippen molar-refractivity contribution in [2.24, 2.45) is 5.73 Å². The second kappa shape index (κ2) is 6.49. The molecule has 5 heteroatoms. The minimum atomic E-state index is -0.891. The number of rotatable bonds is 6. The van der Waals surface area contributed by atoms with Gasteiger partial charge in [-0.15, -0.1) is 0 Å². The Morgan fingerprint density at radius 2 is 2.00 bits per heavy atom. The highest BCUT2D eigenvalue weighted by Crippen LogP contribution is 2.04. The largest absolute Gasteiger partial charge is 0.595 e. The fraction of sp³-hybridized carbons (Fsp3) is 0.400. The zero-order valence-electron chi connectivity index (χ0n) is 8.57. The summed E-state index contributed by atoms with van der Waals surface area (Å²) in [6, 6.07) is 6.86. The molecule has 0 aliphatic carbocycles. The lowest BCUT2D eigenvalue weighted by molar-refractivity contribution is -0.991. The molecule has 0 bridgehead atoms. The van der Waals surface area contributed by atoms with Gasteiger partial charge in [-0.3, -0.25) is 0 Å². The lowest BCUT2D eigenvalue weighted by Gasteiger charge is -2.11. The van der Waals surface area contributed by atoms with Crippen LogP contribution in [0.3, 0.4) is 0 Å². The molecule has 0 aliphatic rings. The third kappa shape index (κ3) is 4.37. The van der Waals surface area contributed by atoms with Crippen LogP contribution < -0.4 is 16.3 Å². The topological polar surface area (TPSA) is 85.8 Å². The number of quaternary nitrogens is 1. The van der Waals surface area contributed by atoms with Crippen LogP contribution in [0.25, 0.3) is 0 Å². The highest BCUT2D eigenvalue weighted by Gasteiger charge is 1.98. The summed E-state index contributed by atoms with van der Waals surface area (Å²) >= 11 is 0. The van der Waals surface area contributed by atoms with Gasteiger partial charge in [-0.2, -0.15) is 5.23 Å². The fourth-order valence-corrected chi connectivity index (χ4v) is 1.22. The third-order valence-corrected chi connectivity index (χ3v) is 2.09. The summed E-state index contributed by atoms with van der Waals surface area (Å²) in [7, 11) is 0. The van der Waals surface area contributed by atoms with Gasteiger partial charge in [-0.25, -0.2) is 5.21 Å². The predicted molar refractivity (Wildman–Crippen MR) is 57.6 cm³/mol. The molecule has 1 rings (SSSR count). The Morgan fingerprint density at radius 1 is 1.33 bits per heavy atom. The second-order valence-corrected chi connectivity index (χ2v) is 3.32. The molecule has 0 radical (unpaired) electrons. The van der Waals surface area contributed by atoms with Gasteiger partial charge in [0.2, 0.25) is 0 Å². The first-order valence-electron chi connectivity index (χ1n) is 4.97. The van der Waals surface area contributed by atoms with Crippen molar-refractivity contribution in [1.82, 2.24) is 5.32 Å². The first-order chi connectivity index (χ1) is 7.24. The van der Waals surface area contributed by atoms with Gasteiger partial charge in [0.1, 0.15) is 0 Å². The van der Waals surface area contributed by atoms with Gasteiger partial charge in [0.15, 0.2) is 5.69 Å². The third-order valence-electron chi connectivity index (χ3n) is 2.09. The summed E-state index contributed by atoms with van der Waals surface area (Å²) in [5, 5.41) is 21.6. The minimum Gasteiger partial charge on any atom is -0.595 e. The van der Waals surface area contributed by atoms with E-state index in [1.165, 1.54) is 0 Å². The maximum Gasteiger partial charge on any atom is 0.163 e. The molecule has 0 aliphatic heterocycles. The summed E-state index contributed by atoms with van der Waals surface area (Å²) in [6.07, 6.45) is 0.952. The van der Waals surface area contributed by atoms with Crippen LogP contribution in [0.15, 0.2) is 24.3 Å². The summed E-state index contributed by atoms with van der Waals surface area (Å²) in [5.41, 5.74) is 6.76. The molecule has 0 spiro atoms. The van der Waals surface area contributed by atoms with Crippen LogP contribution >= 0.6 is 0 Å². The monoisotopic (exact) mass is 211 g/mol. The molecule has 0 amide bonds. The highest BCUT2D eigenvalue weighted by molar-refractivity contribution is 5.32. The first-order valence-corrected chi connectivity index (χ1v) is 4.97. The number of nitrogens with two attached hydrogens (primary N) is 1. The molecule has 0 saturated carbocycles. The Bertz CT molecular complexity index is 275. The van der Waals surface area contributed by atoms with Crippen molar-refractivity contribution in [3.05, 3.63) is 35.0 Å². The number of hydrogen-bond acceptors (Lipinski definition) is 4. The van der Waals surface area contributed by atoms with E-state index in [2.05, 4.69) is 5.32 Å². The summed E-state index contributed by atoms with van der Waals surface area (Å²) in [6.45, 7) is 2.32. The van der Waals surface area contributed by atoms with Crippen molar-refractivity contribution in [2.45, 2.75) is 13.0 Å². The van der Waals surface area contributed by atoms with E-state index in [-0.39, 0.29) is 0 Å². The van der Waals surface area contributed by atoms with Crippen LogP contribution in [0.4, 0.5) is 5.69 Å². The Morgan fingerprint density at radius 3 is 2.53 bits per heavy atom. The van der Waals surface area contributed by atoms with Crippen molar-refractivity contribution in [1.29, 1.82) is 0 Å². The molecule has 0 heterocycles. The standard InChI is InChI=1S/C10H17N3O2/c11-6-1-7-12-8-9-2-4-10(5-3-9)13(14)15/h2-5,12-14H,1,6-8,11H2. The first kappa shape index (κ1) is 12.1. The van der Waals surface area contributed by atoms with Gasteiger partial charge in [-0.05, 0) is 25.1 Å². The van der Waals surface area contributed by atoms with Crippen LogP contribution in [0, 0.1) is 5.21 Å². The van der Waals surface area contributed by atoms with Crippen LogP contribution in [-0.2, 0) is 6.54 Å². The second-order valence-electron chi connectivity index (χ2n) is 3.32. The molecular formula is C10H17N3O2. The average molecular weight is 211 g/mol. The molecular weight excluding hydrogens is 194 g/mol. The fourth-order valence-electron chi connectivity index (χ4n) is 1.22. The molecule has 0 saturated heterocycles. The molecule has 1 unspecified atom stereocenters.